The summed E-state index contributed by atoms with van der Waals surface area (Å²) in [5, 5.41) is 33.8. The van der Waals surface area contributed by atoms with E-state index in [4.69, 9.17) is 28.5 Å². The van der Waals surface area contributed by atoms with Crippen molar-refractivity contribution in [3.63, 3.8) is 0 Å². The normalized spacial score (nSPS) is 15.8. The minimum Gasteiger partial charge on any atom is -0.338 e. The molecule has 0 fully saturated rings. The first kappa shape index (κ1) is 74.4. The number of aromatic nitrogens is 21. The largest absolute Gasteiger partial charge is 0.338 e. The highest BCUT2D eigenvalue weighted by Gasteiger charge is 2.32. The molecule has 3 N–H and O–H groups in total. The minimum absolute atomic E-state index is 0.0707. The molecule has 12 aromatic heterocycles. The molecule has 0 aliphatic heterocycles. The van der Waals surface area contributed by atoms with Gasteiger partial charge in [0.15, 0.2) is 0 Å². The van der Waals surface area contributed by atoms with Gasteiger partial charge in [0.25, 0.3) is 0 Å². The van der Waals surface area contributed by atoms with Crippen LogP contribution in [0.4, 0.5) is 34.9 Å². The Morgan fingerprint density at radius 3 is 0.926 bits per heavy atom. The number of anilines is 6. The molecule has 0 amide bonds. The van der Waals surface area contributed by atoms with Crippen molar-refractivity contribution in [2.24, 2.45) is 21.1 Å². The lowest BCUT2D eigenvalue weighted by Crippen LogP contribution is -2.13. The molecule has 0 radical (unpaired) electrons. The molecule has 3 atom stereocenters. The number of carbonyl (C=O) groups excluding carboxylic acids is 3. The van der Waals surface area contributed by atoms with Gasteiger partial charge in [0.2, 0.25) is 70.3 Å². The molecular formula is C78H90N24O6. The first-order valence-corrected chi connectivity index (χ1v) is 36.6. The summed E-state index contributed by atoms with van der Waals surface area (Å²) in [4.78, 5) is 93.2. The third-order valence-electron chi connectivity index (χ3n) is 19.0. The second-order valence-electron chi connectivity index (χ2n) is 30.9. The number of pyridine rings is 3. The lowest BCUT2D eigenvalue weighted by molar-refractivity contribution is 0.0951. The lowest BCUT2D eigenvalue weighted by Gasteiger charge is -2.17. The Balaban J connectivity index is 0.000000143. The Kier molecular flexibility index (Phi) is 22.1. The van der Waals surface area contributed by atoms with Crippen LogP contribution in [0.5, 0.6) is 0 Å². The van der Waals surface area contributed by atoms with E-state index in [0.717, 1.165) is 145 Å². The van der Waals surface area contributed by atoms with E-state index in [1.165, 1.54) is 16.7 Å². The van der Waals surface area contributed by atoms with Crippen molar-refractivity contribution in [2.45, 2.75) is 193 Å². The van der Waals surface area contributed by atoms with E-state index in [1.807, 2.05) is 139 Å². The number of Topliss-reactive ketones (excluding diaryl/α,β-unsaturated/α-hetero) is 3. The van der Waals surface area contributed by atoms with E-state index in [9.17, 15) is 14.4 Å². The zero-order chi connectivity index (χ0) is 75.9. The molecule has 30 heteroatoms. The molecule has 3 aliphatic rings. The van der Waals surface area contributed by atoms with Crippen molar-refractivity contribution in [1.82, 2.24) is 105 Å². The van der Waals surface area contributed by atoms with Crippen LogP contribution >= 0.6 is 0 Å². The second-order valence-corrected chi connectivity index (χ2v) is 30.9. The Hall–Kier alpha value is -11.9. The first-order chi connectivity index (χ1) is 51.8. The fraction of sp³-hybridized carbons (Fsp3) is 0.423. The van der Waals surface area contributed by atoms with Gasteiger partial charge in [-0.25, -0.2) is 29.9 Å². The van der Waals surface area contributed by atoms with Gasteiger partial charge in [-0.2, -0.15) is 30.2 Å². The Morgan fingerprint density at radius 2 is 0.676 bits per heavy atom. The number of rotatable bonds is 18. The van der Waals surface area contributed by atoms with Gasteiger partial charge in [0, 0.05) is 112 Å². The van der Waals surface area contributed by atoms with Crippen LogP contribution in [0.1, 0.15) is 240 Å². The lowest BCUT2D eigenvalue weighted by atomic mass is 9.89. The molecule has 12 aromatic rings. The van der Waals surface area contributed by atoms with E-state index in [1.54, 1.807) is 51.2 Å². The molecular weight excluding hydrogens is 1370 g/mol. The van der Waals surface area contributed by atoms with Crippen LogP contribution in [0.25, 0.3) is 34.2 Å². The Morgan fingerprint density at radius 1 is 0.389 bits per heavy atom. The highest BCUT2D eigenvalue weighted by Crippen LogP contribution is 2.39. The monoisotopic (exact) mass is 1460 g/mol. The number of nitrogens with zero attached hydrogens (tertiary/aromatic N) is 21. The number of carbonyl (C=O) groups is 3. The molecule has 12 heterocycles. The van der Waals surface area contributed by atoms with E-state index in [0.29, 0.717) is 54.8 Å². The average Bonchev–Trinajstić information content (AvgIpc) is 1.33. The maximum Gasteiger partial charge on any atom is 0.238 e. The molecule has 0 saturated carbocycles. The zero-order valence-corrected chi connectivity index (χ0v) is 63.1. The van der Waals surface area contributed by atoms with Crippen molar-refractivity contribution < 1.29 is 28.0 Å². The fourth-order valence-electron chi connectivity index (χ4n) is 13.3. The van der Waals surface area contributed by atoms with Crippen LogP contribution in [0.15, 0.2) is 124 Å². The van der Waals surface area contributed by atoms with Gasteiger partial charge in [-0.05, 0) is 145 Å². The second kappa shape index (κ2) is 32.1. The summed E-state index contributed by atoms with van der Waals surface area (Å²) in [5.74, 6) is 3.25. The molecule has 15 rings (SSSR count). The summed E-state index contributed by atoms with van der Waals surface area (Å²) < 4.78 is 21.1. The van der Waals surface area contributed by atoms with Gasteiger partial charge in [0.1, 0.15) is 0 Å². The molecule has 558 valence electrons. The van der Waals surface area contributed by atoms with Gasteiger partial charge in [-0.15, -0.1) is 0 Å². The summed E-state index contributed by atoms with van der Waals surface area (Å²) in [6.45, 7) is 17.8. The molecule has 0 aromatic carbocycles. The Bertz CT molecular complexity index is 4660. The third kappa shape index (κ3) is 18.5. The number of nitrogens with one attached hydrogen (secondary N) is 3. The molecule has 3 aliphatic carbocycles. The highest BCUT2D eigenvalue weighted by molar-refractivity contribution is 5.94. The van der Waals surface area contributed by atoms with Gasteiger partial charge < -0.3 is 29.5 Å². The molecule has 0 saturated heterocycles. The predicted molar refractivity (Wildman–Crippen MR) is 402 cm³/mol. The number of hydrogen-bond donors (Lipinski definition) is 3. The van der Waals surface area contributed by atoms with Crippen LogP contribution in [0.2, 0.25) is 0 Å². The van der Waals surface area contributed by atoms with Crippen molar-refractivity contribution in [2.75, 3.05) is 16.0 Å². The van der Waals surface area contributed by atoms with Gasteiger partial charge in [-0.3, -0.25) is 43.4 Å². The van der Waals surface area contributed by atoms with Crippen LogP contribution in [0, 0.1) is 0 Å². The van der Waals surface area contributed by atoms with Crippen LogP contribution in [0.3, 0.4) is 0 Å². The Labute approximate surface area is 625 Å². The number of fused-ring (bicyclic) bond motifs is 3. The summed E-state index contributed by atoms with van der Waals surface area (Å²) in [6, 6.07) is 11.8. The standard InChI is InChI=1S/3C26H30N8O2/c3*1-26(2,3)24-32-23(33-36-24)22(35)12-17-8-6-5-7-16-11-21(28-14-19(16)17)20-9-10-27-25(31-20)30-18-13-29-34(4)15-18/h3*9-11,13-15,17H,5-8,12H2,1-4H3,(H,27,30,31)/t2*17-;/m10./s1. The van der Waals surface area contributed by atoms with E-state index >= 15 is 0 Å². The average molecular weight is 1460 g/mol. The number of hydrogen-bond acceptors (Lipinski definition) is 27. The van der Waals surface area contributed by atoms with E-state index in [-0.39, 0.29) is 68.8 Å². The van der Waals surface area contributed by atoms with Gasteiger partial charge in [0.05, 0.1) is 69.8 Å². The summed E-state index contributed by atoms with van der Waals surface area (Å²) >= 11 is 0. The van der Waals surface area contributed by atoms with Crippen molar-refractivity contribution in [3.8, 4) is 34.2 Å². The van der Waals surface area contributed by atoms with Gasteiger partial charge in [-0.1, -0.05) is 97.0 Å². The maximum absolute atomic E-state index is 13.0. The number of aryl methyl sites for hydroxylation is 6. The van der Waals surface area contributed by atoms with Crippen LogP contribution < -0.4 is 16.0 Å². The maximum atomic E-state index is 13.0. The topological polar surface area (TPSA) is 374 Å². The molecule has 0 bridgehead atoms. The predicted octanol–water partition coefficient (Wildman–Crippen LogP) is 14.3. The molecule has 0 spiro atoms. The summed E-state index contributed by atoms with van der Waals surface area (Å²) in [6.07, 6.45) is 34.5. The van der Waals surface area contributed by atoms with E-state index < -0.39 is 0 Å². The molecule has 1 unspecified atom stereocenters. The first-order valence-electron chi connectivity index (χ1n) is 36.6. The minimum atomic E-state index is -0.296. The summed E-state index contributed by atoms with van der Waals surface area (Å²) in [5.41, 5.74) is 13.1. The van der Waals surface area contributed by atoms with E-state index in [2.05, 4.69) is 110 Å². The summed E-state index contributed by atoms with van der Waals surface area (Å²) in [7, 11) is 5.57. The van der Waals surface area contributed by atoms with Crippen molar-refractivity contribution in [1.29, 1.82) is 0 Å². The quantitative estimate of drug-likeness (QED) is 0.0530. The third-order valence-corrected chi connectivity index (χ3v) is 19.0. The smallest absolute Gasteiger partial charge is 0.238 e. The molecule has 30 nitrogen and oxygen atoms in total. The zero-order valence-electron chi connectivity index (χ0n) is 63.1. The van der Waals surface area contributed by atoms with Crippen molar-refractivity contribution >= 4 is 52.3 Å². The van der Waals surface area contributed by atoms with Crippen molar-refractivity contribution in [3.05, 3.63) is 179 Å². The van der Waals surface area contributed by atoms with Crippen LogP contribution in [-0.2, 0) is 56.7 Å². The number of ketones is 3. The van der Waals surface area contributed by atoms with Crippen LogP contribution in [-0.4, -0.2) is 122 Å². The SMILES string of the molecule is Cn1cc(Nc2nccc(-c3cc4c(cn3)C(CC(=O)c3noc(C(C)(C)C)n3)CCCC4)n2)cn1.Cn1cc(Nc2nccc(-c3cc4c(cn3)[C@@H](CC(=O)c3noc(C(C)(C)C)n3)CCCC4)n2)cn1.Cn1cc(Nc2nccc(-c3cc4c(cn3)[C@H](CC(=O)c3noc(C(C)(C)C)n3)CCCC4)n2)cn1. The highest BCUT2D eigenvalue weighted by atomic mass is 16.5. The molecule has 108 heavy (non-hydrogen) atoms. The van der Waals surface area contributed by atoms with Gasteiger partial charge >= 0.3 is 0 Å². The fourth-order valence-corrected chi connectivity index (χ4v) is 13.3.